The summed E-state index contributed by atoms with van der Waals surface area (Å²) in [5.74, 6) is -1.66. The number of nitrogens with one attached hydrogen (secondary N) is 2. The number of carbonyl (C=O) groups excluding carboxylic acids is 4. The van der Waals surface area contributed by atoms with Crippen LogP contribution in [0.5, 0.6) is 0 Å². The molecule has 0 fully saturated rings. The first-order valence-corrected chi connectivity index (χ1v) is 13.6. The molecule has 0 saturated carbocycles. The number of rotatable bonds is 10. The van der Waals surface area contributed by atoms with E-state index in [-0.39, 0.29) is 12.8 Å². The molecule has 2 rings (SSSR count). The molecule has 10 heteroatoms. The Balaban J connectivity index is 2.63. The van der Waals surface area contributed by atoms with Gasteiger partial charge in [0.1, 0.15) is 17.7 Å². The van der Waals surface area contributed by atoms with E-state index in [0.717, 1.165) is 16.7 Å². The molecule has 0 aliphatic carbocycles. The van der Waals surface area contributed by atoms with Gasteiger partial charge in [0.2, 0.25) is 11.8 Å². The van der Waals surface area contributed by atoms with Gasteiger partial charge in [0, 0.05) is 12.5 Å². The van der Waals surface area contributed by atoms with E-state index in [4.69, 9.17) is 22.1 Å². The van der Waals surface area contributed by atoms with Gasteiger partial charge in [0.15, 0.2) is 0 Å². The predicted molar refractivity (Wildman–Crippen MR) is 157 cm³/mol. The van der Waals surface area contributed by atoms with Crippen LogP contribution in [0.25, 0.3) is 0 Å². The van der Waals surface area contributed by atoms with Crippen LogP contribution in [0.2, 0.25) is 5.02 Å². The fourth-order valence-corrected chi connectivity index (χ4v) is 4.58. The summed E-state index contributed by atoms with van der Waals surface area (Å²) in [7, 11) is 0. The molecule has 2 aromatic rings. The van der Waals surface area contributed by atoms with Crippen molar-refractivity contribution in [3.05, 3.63) is 63.7 Å². The van der Waals surface area contributed by atoms with Crippen LogP contribution < -0.4 is 16.4 Å². The third-order valence-electron chi connectivity index (χ3n) is 6.21. The number of hydrogen-bond acceptors (Lipinski definition) is 5. The van der Waals surface area contributed by atoms with Crippen LogP contribution in [-0.4, -0.2) is 46.4 Å². The van der Waals surface area contributed by atoms with Crippen LogP contribution >= 0.6 is 11.6 Å². The Kier molecular flexibility index (Phi) is 11.1. The Morgan fingerprint density at radius 2 is 1.68 bits per heavy atom. The number of nitrogens with zero attached hydrogens (tertiary/aromatic N) is 1. The van der Waals surface area contributed by atoms with Gasteiger partial charge >= 0.3 is 6.09 Å². The van der Waals surface area contributed by atoms with Crippen molar-refractivity contribution in [3.8, 4) is 0 Å². The number of ether oxygens (including phenoxy) is 1. The van der Waals surface area contributed by atoms with E-state index in [2.05, 4.69) is 10.6 Å². The van der Waals surface area contributed by atoms with E-state index in [0.29, 0.717) is 16.3 Å². The molecule has 0 aliphatic rings. The topological polar surface area (TPSA) is 131 Å². The van der Waals surface area contributed by atoms with Crippen molar-refractivity contribution >= 4 is 41.1 Å². The molecular weight excluding hydrogens is 532 g/mol. The average molecular weight is 573 g/mol. The van der Waals surface area contributed by atoms with Crippen molar-refractivity contribution in [3.63, 3.8) is 0 Å². The van der Waals surface area contributed by atoms with Crippen LogP contribution in [0.3, 0.4) is 0 Å². The molecule has 9 nitrogen and oxygen atoms in total. The highest BCUT2D eigenvalue weighted by Crippen LogP contribution is 2.32. The zero-order valence-electron chi connectivity index (χ0n) is 24.6. The van der Waals surface area contributed by atoms with Gasteiger partial charge in [-0.3, -0.25) is 14.4 Å². The van der Waals surface area contributed by atoms with Crippen molar-refractivity contribution in [1.82, 2.24) is 10.2 Å². The third-order valence-corrected chi connectivity index (χ3v) is 6.52. The maximum absolute atomic E-state index is 14.2. The SMILES string of the molecule is Cc1ccc(C)c(C(C(=O)Nc2c(C)cccc2Cl)N(C(=O)C(CCC(N)=O)NC(=O)OC(C)(C)C)C(C)C)c1. The number of aryl methyl sites for hydroxylation is 3. The summed E-state index contributed by atoms with van der Waals surface area (Å²) in [6.07, 6.45) is -1.04. The predicted octanol–water partition coefficient (Wildman–Crippen LogP) is 5.34. The van der Waals surface area contributed by atoms with E-state index in [1.807, 2.05) is 45.0 Å². The Morgan fingerprint density at radius 3 is 2.23 bits per heavy atom. The number of alkyl carbamates (subject to hydrolysis) is 1. The fourth-order valence-electron chi connectivity index (χ4n) is 4.31. The van der Waals surface area contributed by atoms with E-state index < -0.39 is 47.5 Å². The molecular formula is C30H41ClN4O5. The van der Waals surface area contributed by atoms with Crippen molar-refractivity contribution in [2.45, 2.75) is 92.0 Å². The molecule has 0 aliphatic heterocycles. The molecule has 4 amide bonds. The number of primary amides is 1. The highest BCUT2D eigenvalue weighted by molar-refractivity contribution is 6.34. The van der Waals surface area contributed by atoms with E-state index in [1.165, 1.54) is 4.90 Å². The average Bonchev–Trinajstić information content (AvgIpc) is 2.82. The van der Waals surface area contributed by atoms with Crippen molar-refractivity contribution in [2.75, 3.05) is 5.32 Å². The molecule has 0 saturated heterocycles. The number of carbonyl (C=O) groups is 4. The Bertz CT molecular complexity index is 1230. The van der Waals surface area contributed by atoms with Gasteiger partial charge in [-0.1, -0.05) is 47.5 Å². The lowest BCUT2D eigenvalue weighted by Crippen LogP contribution is -2.54. The molecule has 0 radical (unpaired) electrons. The van der Waals surface area contributed by atoms with Crippen LogP contribution in [0.15, 0.2) is 36.4 Å². The van der Waals surface area contributed by atoms with Crippen LogP contribution in [0.1, 0.15) is 75.8 Å². The number of nitrogens with two attached hydrogens (primary N) is 1. The Morgan fingerprint density at radius 1 is 1.02 bits per heavy atom. The van der Waals surface area contributed by atoms with E-state index >= 15 is 0 Å². The van der Waals surface area contributed by atoms with Crippen molar-refractivity contribution in [1.29, 1.82) is 0 Å². The highest BCUT2D eigenvalue weighted by Gasteiger charge is 2.38. The zero-order valence-corrected chi connectivity index (χ0v) is 25.3. The van der Waals surface area contributed by atoms with Gasteiger partial charge in [0.25, 0.3) is 5.91 Å². The van der Waals surface area contributed by atoms with Gasteiger partial charge in [-0.15, -0.1) is 0 Å². The number of amides is 4. The maximum atomic E-state index is 14.2. The lowest BCUT2D eigenvalue weighted by atomic mass is 9.94. The lowest BCUT2D eigenvalue weighted by Gasteiger charge is -2.38. The first kappa shape index (κ1) is 32.6. The summed E-state index contributed by atoms with van der Waals surface area (Å²) in [5.41, 5.74) is 8.09. The monoisotopic (exact) mass is 572 g/mol. The molecule has 2 atom stereocenters. The molecule has 218 valence electrons. The molecule has 40 heavy (non-hydrogen) atoms. The molecule has 0 bridgehead atoms. The highest BCUT2D eigenvalue weighted by atomic mass is 35.5. The second-order valence-electron chi connectivity index (χ2n) is 11.2. The largest absolute Gasteiger partial charge is 0.444 e. The summed E-state index contributed by atoms with van der Waals surface area (Å²) in [6, 6.07) is 8.22. The van der Waals surface area contributed by atoms with Crippen LogP contribution in [0, 0.1) is 20.8 Å². The second kappa shape index (κ2) is 13.7. The molecule has 4 N–H and O–H groups in total. The molecule has 2 unspecified atom stereocenters. The standard InChI is InChI=1S/C30H41ClN4O5/c1-17(2)35(28(38)23(14-15-24(32)36)33-29(39)40-30(6,7)8)26(21-16-18(3)12-13-19(21)4)27(37)34-25-20(5)10-9-11-22(25)31/h9-13,16-17,23,26H,14-15H2,1-8H3,(H2,32,36)(H,33,39)(H,34,37). The van der Waals surface area contributed by atoms with Gasteiger partial charge in [-0.25, -0.2) is 4.79 Å². The van der Waals surface area contributed by atoms with Gasteiger partial charge in [-0.2, -0.15) is 0 Å². The number of halogens is 1. The van der Waals surface area contributed by atoms with E-state index in [9.17, 15) is 19.2 Å². The Labute approximate surface area is 241 Å². The van der Waals surface area contributed by atoms with Gasteiger partial charge in [0.05, 0.1) is 10.7 Å². The summed E-state index contributed by atoms with van der Waals surface area (Å²) >= 11 is 6.42. The zero-order chi connectivity index (χ0) is 30.4. The number of anilines is 1. The Hall–Kier alpha value is -3.59. The molecule has 0 spiro atoms. The quantitative estimate of drug-likeness (QED) is 0.353. The second-order valence-corrected chi connectivity index (χ2v) is 11.6. The third kappa shape index (κ3) is 8.98. The first-order chi connectivity index (χ1) is 18.5. The van der Waals surface area contributed by atoms with Gasteiger partial charge < -0.3 is 26.0 Å². The van der Waals surface area contributed by atoms with Crippen LogP contribution in [0.4, 0.5) is 10.5 Å². The summed E-state index contributed by atoms with van der Waals surface area (Å²) < 4.78 is 5.37. The van der Waals surface area contributed by atoms with Crippen LogP contribution in [-0.2, 0) is 19.1 Å². The minimum atomic E-state index is -1.17. The summed E-state index contributed by atoms with van der Waals surface area (Å²) in [6.45, 7) is 14.2. The van der Waals surface area contributed by atoms with E-state index in [1.54, 1.807) is 46.8 Å². The molecule has 2 aromatic carbocycles. The summed E-state index contributed by atoms with van der Waals surface area (Å²) in [5, 5.41) is 5.88. The molecule has 0 aromatic heterocycles. The maximum Gasteiger partial charge on any atom is 0.408 e. The van der Waals surface area contributed by atoms with Crippen molar-refractivity contribution < 1.29 is 23.9 Å². The lowest BCUT2D eigenvalue weighted by molar-refractivity contribution is -0.143. The minimum absolute atomic E-state index is 0.0681. The number of benzene rings is 2. The van der Waals surface area contributed by atoms with Crippen molar-refractivity contribution in [2.24, 2.45) is 5.73 Å². The number of hydrogen-bond donors (Lipinski definition) is 3. The fraction of sp³-hybridized carbons (Fsp3) is 0.467. The smallest absolute Gasteiger partial charge is 0.408 e. The first-order valence-electron chi connectivity index (χ1n) is 13.2. The normalized spacial score (nSPS) is 12.8. The number of para-hydroxylation sites is 1. The van der Waals surface area contributed by atoms with Gasteiger partial charge in [-0.05, 0) is 84.6 Å². The molecule has 0 heterocycles. The minimum Gasteiger partial charge on any atom is -0.444 e. The summed E-state index contributed by atoms with van der Waals surface area (Å²) in [4.78, 5) is 54.0.